The Morgan fingerprint density at radius 3 is 0.811 bits per heavy atom. The van der Waals surface area contributed by atoms with Gasteiger partial charge in [0.1, 0.15) is 0 Å². The molecule has 24 rings (SSSR count). The quantitative estimate of drug-likeness (QED) is 0.121. The van der Waals surface area contributed by atoms with E-state index in [1.165, 1.54) is 166 Å². The smallest absolute Gasteiger partial charge is 0.0726 e. The third kappa shape index (κ3) is 11.2. The summed E-state index contributed by atoms with van der Waals surface area (Å²) in [6.45, 7) is 8.65. The van der Waals surface area contributed by atoms with E-state index in [2.05, 4.69) is 484 Å². The van der Waals surface area contributed by atoms with E-state index < -0.39 is 10.8 Å². The minimum absolute atomic E-state index is 0.549. The van der Waals surface area contributed by atoms with Crippen molar-refractivity contribution in [2.24, 2.45) is 0 Å². The second-order valence-corrected chi connectivity index (χ2v) is 33.3. The molecule has 4 aliphatic rings. The summed E-state index contributed by atoms with van der Waals surface area (Å²) in [6, 6.07) is 162. The van der Waals surface area contributed by atoms with E-state index in [9.17, 15) is 0 Å². The Labute approximate surface area is 712 Å². The third-order valence-electron chi connectivity index (χ3n) is 26.2. The van der Waals surface area contributed by atoms with Crippen molar-refractivity contribution in [1.29, 1.82) is 0 Å². The van der Waals surface area contributed by atoms with Crippen molar-refractivity contribution in [2.75, 3.05) is 19.6 Å². The number of hydrogen-bond acceptors (Lipinski definition) is 4. The highest BCUT2D eigenvalue weighted by Gasteiger charge is 2.55. The molecule has 122 heavy (non-hydrogen) atoms. The van der Waals surface area contributed by atoms with Crippen molar-refractivity contribution in [2.45, 2.75) is 38.5 Å². The molecule has 2 spiro atoms. The standard InChI is InChI=1S/2C59H42N2/c1-39-17-15-23-45(33-39)60(43-19-5-3-6-20-43)47-32-31-41-36-52-55(37-42(41)35-47)59(53-29-13-11-25-48(53)49-26-12-14-30-54(49)59)56-38-57(50-27-9-10-28-51(50)58(52)56)61(44-21-7-4-8-22-44)46-24-16-18-40(2)34-46;1-39-25-30-45(31-26-39)60(43-15-5-3-6-16-43)47-34-29-41-36-52-55(37-42(41)35-47)59(53-23-13-11-19-48(53)49-20-12-14-24-54(49)59)56-38-57(50-21-9-10-22-51(50)58(52)56)61(44-17-7-4-8-18-44)46-32-27-40(2)28-33-46/h2*3-38H,1-2H3. The molecule has 0 N–H and O–H groups in total. The lowest BCUT2D eigenvalue weighted by Gasteiger charge is -2.33. The van der Waals surface area contributed by atoms with Crippen LogP contribution in [0.2, 0.25) is 0 Å². The molecule has 0 unspecified atom stereocenters. The van der Waals surface area contributed by atoms with Gasteiger partial charge in [-0.05, 0) is 318 Å². The van der Waals surface area contributed by atoms with Crippen molar-refractivity contribution in [1.82, 2.24) is 0 Å². The SMILES string of the molecule is Cc1ccc(N(c2ccccc2)c2ccc3cc4c(cc3c2)C2(c3ccccc3-c3ccccc32)c2cc(N(c3ccccc3)c3ccc(C)cc3)c3ccccc3c2-4)cc1.Cc1cccc(N(c2ccccc2)c2ccc3cc4c(cc3c2)C2(c3ccccc3-c3ccccc32)c2cc(N(c3ccccc3)c3cccc(C)c3)c3ccccc3c2-4)c1. The summed E-state index contributed by atoms with van der Waals surface area (Å²) >= 11 is 0. The minimum Gasteiger partial charge on any atom is -0.310 e. The van der Waals surface area contributed by atoms with Crippen LogP contribution in [-0.4, -0.2) is 0 Å². The number of benzene rings is 20. The molecule has 576 valence electrons. The highest BCUT2D eigenvalue weighted by atomic mass is 15.2. The highest BCUT2D eigenvalue weighted by molar-refractivity contribution is 6.16. The maximum atomic E-state index is 2.54. The largest absolute Gasteiger partial charge is 0.310 e. The molecule has 0 saturated carbocycles. The Hall–Kier alpha value is -15.4. The number of fused-ring (bicyclic) bond motifs is 26. The zero-order valence-electron chi connectivity index (χ0n) is 68.4. The topological polar surface area (TPSA) is 13.0 Å². The Morgan fingerprint density at radius 2 is 0.434 bits per heavy atom. The van der Waals surface area contributed by atoms with Crippen LogP contribution in [-0.2, 0) is 10.8 Å². The molecule has 0 aromatic heterocycles. The molecule has 0 saturated heterocycles. The molecule has 0 atom stereocenters. The van der Waals surface area contributed by atoms with E-state index in [1.807, 2.05) is 0 Å². The fourth-order valence-corrected chi connectivity index (χ4v) is 21.0. The lowest BCUT2D eigenvalue weighted by molar-refractivity contribution is 0.795. The molecular formula is C118H84N4. The molecule has 0 amide bonds. The van der Waals surface area contributed by atoms with E-state index in [-0.39, 0.29) is 0 Å². The van der Waals surface area contributed by atoms with E-state index in [4.69, 9.17) is 0 Å². The number of rotatable bonds is 12. The summed E-state index contributed by atoms with van der Waals surface area (Å²) in [4.78, 5) is 9.68. The number of hydrogen-bond donors (Lipinski definition) is 0. The van der Waals surface area contributed by atoms with Crippen LogP contribution in [0, 0.1) is 27.7 Å². The van der Waals surface area contributed by atoms with Crippen LogP contribution in [0.15, 0.2) is 437 Å². The van der Waals surface area contributed by atoms with Gasteiger partial charge in [0.05, 0.1) is 22.2 Å². The van der Waals surface area contributed by atoms with Gasteiger partial charge in [-0.3, -0.25) is 0 Å². The van der Waals surface area contributed by atoms with E-state index in [0.29, 0.717) is 0 Å². The molecule has 20 aromatic rings. The molecule has 4 heteroatoms. The summed E-state index contributed by atoms with van der Waals surface area (Å²) in [5, 5.41) is 9.84. The number of para-hydroxylation sites is 4. The molecule has 0 heterocycles. The van der Waals surface area contributed by atoms with E-state index in [0.717, 1.165) is 56.9 Å². The van der Waals surface area contributed by atoms with Gasteiger partial charge in [-0.15, -0.1) is 0 Å². The van der Waals surface area contributed by atoms with Gasteiger partial charge in [0, 0.05) is 67.6 Å². The second kappa shape index (κ2) is 28.7. The van der Waals surface area contributed by atoms with Gasteiger partial charge >= 0.3 is 0 Å². The van der Waals surface area contributed by atoms with Crippen LogP contribution in [0.4, 0.5) is 68.2 Å². The van der Waals surface area contributed by atoms with Crippen molar-refractivity contribution in [3.8, 4) is 44.5 Å². The second-order valence-electron chi connectivity index (χ2n) is 33.3. The molecule has 0 aliphatic heterocycles. The normalized spacial score (nSPS) is 12.9. The first-order valence-corrected chi connectivity index (χ1v) is 42.5. The molecular weight excluding hydrogens is 1470 g/mol. The van der Waals surface area contributed by atoms with Gasteiger partial charge in [0.25, 0.3) is 0 Å². The van der Waals surface area contributed by atoms with Crippen molar-refractivity contribution in [3.63, 3.8) is 0 Å². The maximum absolute atomic E-state index is 2.54. The highest BCUT2D eigenvalue weighted by Crippen LogP contribution is 2.68. The van der Waals surface area contributed by atoms with Crippen molar-refractivity contribution < 1.29 is 0 Å². The molecule has 20 aromatic carbocycles. The van der Waals surface area contributed by atoms with Gasteiger partial charge in [-0.2, -0.15) is 0 Å². The van der Waals surface area contributed by atoms with E-state index in [1.54, 1.807) is 0 Å². The molecule has 4 aliphatic carbocycles. The van der Waals surface area contributed by atoms with E-state index >= 15 is 0 Å². The van der Waals surface area contributed by atoms with Crippen LogP contribution in [0.1, 0.15) is 66.8 Å². The fraction of sp³-hybridized carbons (Fsp3) is 0.0508. The zero-order chi connectivity index (χ0) is 81.3. The average Bonchev–Trinajstić information content (AvgIpc) is 1.50. The number of aryl methyl sites for hydroxylation is 4. The number of nitrogens with zero attached hydrogens (tertiary/aromatic N) is 4. The van der Waals surface area contributed by atoms with Crippen LogP contribution < -0.4 is 19.6 Å². The molecule has 0 bridgehead atoms. The first-order chi connectivity index (χ1) is 60.1. The summed E-state index contributed by atoms with van der Waals surface area (Å²) < 4.78 is 0. The summed E-state index contributed by atoms with van der Waals surface area (Å²) in [5.41, 5.74) is 38.6. The number of anilines is 12. The third-order valence-corrected chi connectivity index (χ3v) is 26.2. The first-order valence-electron chi connectivity index (χ1n) is 42.5. The maximum Gasteiger partial charge on any atom is 0.0726 e. The van der Waals surface area contributed by atoms with Gasteiger partial charge in [-0.25, -0.2) is 0 Å². The predicted molar refractivity (Wildman–Crippen MR) is 513 cm³/mol. The van der Waals surface area contributed by atoms with Gasteiger partial charge in [0.15, 0.2) is 0 Å². The molecule has 0 fully saturated rings. The van der Waals surface area contributed by atoms with Gasteiger partial charge < -0.3 is 19.6 Å². The summed E-state index contributed by atoms with van der Waals surface area (Å²) in [5.74, 6) is 0. The summed E-state index contributed by atoms with van der Waals surface area (Å²) in [6.07, 6.45) is 0. The molecule has 4 nitrogen and oxygen atoms in total. The van der Waals surface area contributed by atoms with Gasteiger partial charge in [0.2, 0.25) is 0 Å². The van der Waals surface area contributed by atoms with Crippen LogP contribution in [0.5, 0.6) is 0 Å². The van der Waals surface area contributed by atoms with Gasteiger partial charge in [-0.1, -0.05) is 290 Å². The zero-order valence-corrected chi connectivity index (χ0v) is 68.4. The first kappa shape index (κ1) is 71.9. The fourth-order valence-electron chi connectivity index (χ4n) is 21.0. The van der Waals surface area contributed by atoms with Crippen molar-refractivity contribution in [3.05, 3.63) is 504 Å². The van der Waals surface area contributed by atoms with Crippen LogP contribution in [0.3, 0.4) is 0 Å². The Balaban J connectivity index is 0.000000142. The Morgan fingerprint density at radius 1 is 0.156 bits per heavy atom. The van der Waals surface area contributed by atoms with Crippen LogP contribution >= 0.6 is 0 Å². The minimum atomic E-state index is -0.550. The van der Waals surface area contributed by atoms with Crippen LogP contribution in [0.25, 0.3) is 87.6 Å². The Bertz CT molecular complexity index is 7470. The lowest BCUT2D eigenvalue weighted by atomic mass is 9.70. The average molecular weight is 1560 g/mol. The Kier molecular flexibility index (Phi) is 16.9. The predicted octanol–water partition coefficient (Wildman–Crippen LogP) is 31.8. The summed E-state index contributed by atoms with van der Waals surface area (Å²) in [7, 11) is 0. The monoisotopic (exact) mass is 1560 g/mol. The van der Waals surface area contributed by atoms with Crippen molar-refractivity contribution >= 4 is 111 Å². The lowest BCUT2D eigenvalue weighted by Crippen LogP contribution is -2.26. The molecule has 0 radical (unpaired) electrons.